The van der Waals surface area contributed by atoms with Crippen LogP contribution in [0.4, 0.5) is 14.0 Å². The van der Waals surface area contributed by atoms with E-state index in [1.165, 1.54) is 6.92 Å². The molecule has 1 N–H and O–H groups in total. The van der Waals surface area contributed by atoms with Crippen LogP contribution in [0.3, 0.4) is 0 Å². The summed E-state index contributed by atoms with van der Waals surface area (Å²) in [6.45, 7) is 5.37. The summed E-state index contributed by atoms with van der Waals surface area (Å²) in [5.74, 6) is -1.81. The molecule has 0 saturated carbocycles. The Balaban J connectivity index is 1.83. The van der Waals surface area contributed by atoms with Crippen LogP contribution in [-0.2, 0) is 37.0 Å². The Morgan fingerprint density at radius 1 is 0.947 bits per heavy atom. The molecule has 38 heavy (non-hydrogen) atoms. The first kappa shape index (κ1) is 28.8. The molecule has 3 amide bonds. The molecule has 0 aliphatic carbocycles. The van der Waals surface area contributed by atoms with Gasteiger partial charge in [-0.05, 0) is 38.8 Å². The van der Waals surface area contributed by atoms with E-state index in [4.69, 9.17) is 14.2 Å². The van der Waals surface area contributed by atoms with Gasteiger partial charge in [0.1, 0.15) is 31.4 Å². The first-order chi connectivity index (χ1) is 17.9. The van der Waals surface area contributed by atoms with E-state index < -0.39 is 65.4 Å². The van der Waals surface area contributed by atoms with E-state index in [1.807, 2.05) is 6.07 Å². The van der Waals surface area contributed by atoms with E-state index in [9.17, 15) is 23.6 Å². The molecule has 3 rings (SSSR count). The predicted molar refractivity (Wildman–Crippen MR) is 135 cm³/mol. The molecule has 4 atom stereocenters. The van der Waals surface area contributed by atoms with Crippen LogP contribution in [0.2, 0.25) is 0 Å². The van der Waals surface area contributed by atoms with Gasteiger partial charge in [-0.2, -0.15) is 4.79 Å². The minimum Gasteiger partial charge on any atom is -0.456 e. The quantitative estimate of drug-likeness (QED) is 0.321. The van der Waals surface area contributed by atoms with Crippen LogP contribution in [-0.4, -0.2) is 58.9 Å². The second kappa shape index (κ2) is 12.2. The zero-order valence-corrected chi connectivity index (χ0v) is 22.0. The van der Waals surface area contributed by atoms with Crippen molar-refractivity contribution in [3.63, 3.8) is 0 Å². The average Bonchev–Trinajstić information content (AvgIpc) is 3.24. The maximum absolute atomic E-state index is 14.9. The number of halogens is 1. The summed E-state index contributed by atoms with van der Waals surface area (Å²) < 4.78 is 29.7. The lowest BCUT2D eigenvalue weighted by Gasteiger charge is -2.34. The number of amides is 3. The lowest BCUT2D eigenvalue weighted by molar-refractivity contribution is -0.788. The van der Waals surface area contributed by atoms with Gasteiger partial charge in [-0.25, -0.2) is 18.8 Å². The number of rotatable bonds is 7. The molecular formula is C28H34FN2O7+. The molecule has 0 aromatic heterocycles. The van der Waals surface area contributed by atoms with Crippen molar-refractivity contribution in [1.29, 1.82) is 0 Å². The van der Waals surface area contributed by atoms with Crippen molar-refractivity contribution in [3.8, 4) is 0 Å². The number of carbonyl (C=O) groups is 4. The summed E-state index contributed by atoms with van der Waals surface area (Å²) >= 11 is 0. The highest BCUT2D eigenvalue weighted by molar-refractivity contribution is 5.91. The highest BCUT2D eigenvalue weighted by atomic mass is 19.1. The van der Waals surface area contributed by atoms with Gasteiger partial charge in [-0.3, -0.25) is 0 Å². The van der Waals surface area contributed by atoms with E-state index in [1.54, 1.807) is 75.4 Å². The zero-order valence-electron chi connectivity index (χ0n) is 22.0. The SMILES string of the molecule is CC(NC(=O)OCc1ccccc1)C(=O)[N+]1(C(=O)OCc2ccccc2)CC(F)CC1C(=O)OC(C)(C)C. The number of esters is 1. The van der Waals surface area contributed by atoms with Crippen LogP contribution in [0.15, 0.2) is 60.7 Å². The molecule has 0 bridgehead atoms. The molecule has 1 aliphatic heterocycles. The minimum atomic E-state index is -1.65. The predicted octanol–water partition coefficient (Wildman–Crippen LogP) is 4.43. The number of likely N-dealkylation sites (tertiary alicyclic amines) is 1. The highest BCUT2D eigenvalue weighted by Crippen LogP contribution is 2.34. The molecule has 4 unspecified atom stereocenters. The van der Waals surface area contributed by atoms with E-state index in [0.29, 0.717) is 5.56 Å². The number of imide groups is 1. The molecule has 0 spiro atoms. The average molecular weight is 530 g/mol. The van der Waals surface area contributed by atoms with Gasteiger partial charge in [-0.1, -0.05) is 60.7 Å². The van der Waals surface area contributed by atoms with E-state index >= 15 is 0 Å². The Bertz CT molecular complexity index is 1140. The minimum absolute atomic E-state index is 0.0419. The molecule has 1 saturated heterocycles. The lowest BCUT2D eigenvalue weighted by atomic mass is 10.1. The van der Waals surface area contributed by atoms with E-state index in [0.717, 1.165) is 5.56 Å². The Kier molecular flexibility index (Phi) is 9.22. The second-order valence-electron chi connectivity index (χ2n) is 10.2. The number of quaternary nitrogens is 1. The molecular weight excluding hydrogens is 495 g/mol. The highest BCUT2D eigenvalue weighted by Gasteiger charge is 2.64. The lowest BCUT2D eigenvalue weighted by Crippen LogP contribution is -2.67. The first-order valence-electron chi connectivity index (χ1n) is 12.4. The molecule has 1 fully saturated rings. The number of alkyl halides is 1. The Labute approximate surface area is 221 Å². The van der Waals surface area contributed by atoms with Crippen LogP contribution >= 0.6 is 0 Å². The molecule has 10 heteroatoms. The van der Waals surface area contributed by atoms with Crippen molar-refractivity contribution in [2.45, 2.75) is 71.2 Å². The van der Waals surface area contributed by atoms with Gasteiger partial charge in [0.25, 0.3) is 0 Å². The van der Waals surface area contributed by atoms with Gasteiger partial charge >= 0.3 is 24.1 Å². The van der Waals surface area contributed by atoms with E-state index in [2.05, 4.69) is 5.32 Å². The van der Waals surface area contributed by atoms with Gasteiger partial charge in [0.2, 0.25) is 6.04 Å². The third kappa shape index (κ3) is 7.16. The van der Waals surface area contributed by atoms with Crippen molar-refractivity contribution < 1.29 is 42.3 Å². The Morgan fingerprint density at radius 3 is 2.00 bits per heavy atom. The summed E-state index contributed by atoms with van der Waals surface area (Å²) in [6.07, 6.45) is -4.07. The molecule has 1 heterocycles. The second-order valence-corrected chi connectivity index (χ2v) is 10.2. The van der Waals surface area contributed by atoms with Crippen molar-refractivity contribution >= 4 is 24.1 Å². The molecule has 204 valence electrons. The Morgan fingerprint density at radius 2 is 1.47 bits per heavy atom. The fourth-order valence-corrected chi connectivity index (χ4v) is 4.30. The van der Waals surface area contributed by atoms with Crippen LogP contribution in [0.5, 0.6) is 0 Å². The fraction of sp³-hybridized carbons (Fsp3) is 0.429. The van der Waals surface area contributed by atoms with Gasteiger partial charge in [0.05, 0.1) is 0 Å². The third-order valence-corrected chi connectivity index (χ3v) is 6.02. The summed E-state index contributed by atoms with van der Waals surface area (Å²) in [6, 6.07) is 14.9. The maximum Gasteiger partial charge on any atom is 0.524 e. The molecule has 2 aromatic carbocycles. The van der Waals surface area contributed by atoms with Gasteiger partial charge < -0.3 is 19.5 Å². The van der Waals surface area contributed by atoms with Crippen molar-refractivity contribution in [1.82, 2.24) is 5.32 Å². The number of ether oxygens (including phenoxy) is 3. The summed E-state index contributed by atoms with van der Waals surface area (Å²) in [4.78, 5) is 52.9. The van der Waals surface area contributed by atoms with Gasteiger partial charge in [-0.15, -0.1) is 4.48 Å². The van der Waals surface area contributed by atoms with Crippen LogP contribution in [0, 0.1) is 0 Å². The Hall–Kier alpha value is -3.79. The summed E-state index contributed by atoms with van der Waals surface area (Å²) in [5, 5.41) is 2.39. The van der Waals surface area contributed by atoms with E-state index in [-0.39, 0.29) is 13.2 Å². The van der Waals surface area contributed by atoms with Crippen LogP contribution < -0.4 is 5.32 Å². The molecule has 9 nitrogen and oxygen atoms in total. The monoisotopic (exact) mass is 529 g/mol. The molecule has 2 aromatic rings. The zero-order chi connectivity index (χ0) is 27.9. The first-order valence-corrected chi connectivity index (χ1v) is 12.4. The number of alkyl carbamates (subject to hydrolysis) is 1. The van der Waals surface area contributed by atoms with Crippen molar-refractivity contribution in [2.24, 2.45) is 0 Å². The number of carbonyl (C=O) groups excluding carboxylic acids is 4. The normalized spacial score (nSPS) is 21.7. The van der Waals surface area contributed by atoms with Crippen molar-refractivity contribution in [3.05, 3.63) is 71.8 Å². The number of hydrogen-bond acceptors (Lipinski definition) is 7. The standard InChI is InChI=1S/C28H33FN2O7/c1-19(30-26(34)36-17-20-11-7-5-8-12-20)24(32)31(27(35)37-18-21-13-9-6-10-14-21)16-22(29)15-23(31)25(33)38-28(2,3)4/h5-14,19,22-23H,15-18H2,1-4H3/p+1. The molecule has 1 aliphatic rings. The number of nitrogens with zero attached hydrogens (tertiary/aromatic N) is 1. The number of hydrogen-bond donors (Lipinski definition) is 1. The summed E-state index contributed by atoms with van der Waals surface area (Å²) in [7, 11) is 0. The number of nitrogens with one attached hydrogen (secondary N) is 1. The summed E-state index contributed by atoms with van der Waals surface area (Å²) in [5.41, 5.74) is 0.440. The van der Waals surface area contributed by atoms with Gasteiger partial charge in [0, 0.05) is 6.42 Å². The van der Waals surface area contributed by atoms with Crippen LogP contribution in [0.1, 0.15) is 45.2 Å². The fourth-order valence-electron chi connectivity index (χ4n) is 4.30. The largest absolute Gasteiger partial charge is 0.524 e. The van der Waals surface area contributed by atoms with Crippen molar-refractivity contribution in [2.75, 3.05) is 6.54 Å². The third-order valence-electron chi connectivity index (χ3n) is 6.02. The smallest absolute Gasteiger partial charge is 0.456 e. The van der Waals surface area contributed by atoms with Crippen LogP contribution in [0.25, 0.3) is 0 Å². The molecule has 0 radical (unpaired) electrons. The number of benzene rings is 2. The topological polar surface area (TPSA) is 108 Å². The van der Waals surface area contributed by atoms with Gasteiger partial charge in [0.15, 0.2) is 6.17 Å². The maximum atomic E-state index is 14.9.